The van der Waals surface area contributed by atoms with Gasteiger partial charge >= 0.3 is 0 Å². The van der Waals surface area contributed by atoms with Gasteiger partial charge in [0, 0.05) is 6.42 Å². The van der Waals surface area contributed by atoms with E-state index >= 15 is 0 Å². The van der Waals surface area contributed by atoms with E-state index in [2.05, 4.69) is 6.92 Å². The Kier molecular flexibility index (Phi) is 21.0. The minimum atomic E-state index is -0.754. The largest absolute Gasteiger partial charge is 0.631 e. The first-order valence-corrected chi connectivity index (χ1v) is 13.2. The minimum Gasteiger partial charge on any atom is -0.631 e. The highest BCUT2D eigenvalue weighted by atomic mass is 16.6. The molecule has 176 valence electrons. The van der Waals surface area contributed by atoms with Crippen LogP contribution in [0.4, 0.5) is 0 Å². The molecule has 0 unspecified atom stereocenters. The van der Waals surface area contributed by atoms with Gasteiger partial charge in [0.25, 0.3) is 0 Å². The molecule has 0 aliphatic heterocycles. The second-order valence-electron chi connectivity index (χ2n) is 9.77. The van der Waals surface area contributed by atoms with Crippen molar-refractivity contribution in [2.45, 2.75) is 154 Å². The minimum absolute atomic E-state index is 0.584. The van der Waals surface area contributed by atoms with E-state index < -0.39 is 10.9 Å². The summed E-state index contributed by atoms with van der Waals surface area (Å²) in [6.45, 7) is 2.29. The van der Waals surface area contributed by atoms with Gasteiger partial charge in [0.1, 0.15) is 0 Å². The summed E-state index contributed by atoms with van der Waals surface area (Å²) >= 11 is 0. The van der Waals surface area contributed by atoms with Crippen LogP contribution in [0.25, 0.3) is 0 Å². The third kappa shape index (κ3) is 22.4. The second-order valence-corrected chi connectivity index (χ2v) is 9.77. The molecule has 0 aromatic carbocycles. The van der Waals surface area contributed by atoms with Gasteiger partial charge in [-0.25, -0.2) is 0 Å². The van der Waals surface area contributed by atoms with E-state index in [1.165, 1.54) is 136 Å². The number of aliphatic hydroxyl groups excluding tert-OH is 1. The van der Waals surface area contributed by atoms with Crippen molar-refractivity contribution in [1.82, 2.24) is 0 Å². The van der Waals surface area contributed by atoms with Gasteiger partial charge in [-0.3, -0.25) is 0 Å². The zero-order valence-electron chi connectivity index (χ0n) is 20.4. The third-order valence-electron chi connectivity index (χ3n) is 6.28. The van der Waals surface area contributed by atoms with Crippen molar-refractivity contribution in [2.24, 2.45) is 0 Å². The lowest BCUT2D eigenvalue weighted by Crippen LogP contribution is -2.43. The van der Waals surface area contributed by atoms with E-state index in [1.807, 2.05) is 0 Å². The molecule has 0 heterocycles. The van der Waals surface area contributed by atoms with Gasteiger partial charge in [-0.1, -0.05) is 135 Å². The van der Waals surface area contributed by atoms with Gasteiger partial charge in [0.05, 0.1) is 14.1 Å². The maximum Gasteiger partial charge on any atom is 0.189 e. The molecule has 1 N–H and O–H groups in total. The Morgan fingerprint density at radius 1 is 0.517 bits per heavy atom. The Hall–Kier alpha value is -0.120. The van der Waals surface area contributed by atoms with Crippen molar-refractivity contribution in [3.63, 3.8) is 0 Å². The van der Waals surface area contributed by atoms with Crippen LogP contribution < -0.4 is 0 Å². The fourth-order valence-electron chi connectivity index (χ4n) is 4.07. The number of quaternary nitrogens is 1. The first kappa shape index (κ1) is 28.9. The quantitative estimate of drug-likeness (QED) is 0.0789. The Morgan fingerprint density at radius 3 is 1.00 bits per heavy atom. The highest BCUT2D eigenvalue weighted by Gasteiger charge is 2.15. The van der Waals surface area contributed by atoms with Gasteiger partial charge < -0.3 is 15.0 Å². The van der Waals surface area contributed by atoms with Crippen molar-refractivity contribution >= 4 is 0 Å². The topological polar surface area (TPSA) is 43.3 Å². The maximum absolute atomic E-state index is 11.5. The number of unbranched alkanes of at least 4 members (excludes halogenated alkanes) is 20. The summed E-state index contributed by atoms with van der Waals surface area (Å²) in [5.41, 5.74) is 0. The first-order valence-electron chi connectivity index (χ1n) is 13.2. The molecule has 29 heavy (non-hydrogen) atoms. The molecule has 3 heteroatoms. The molecule has 0 saturated heterocycles. The average molecular weight is 414 g/mol. The van der Waals surface area contributed by atoms with Gasteiger partial charge in [0.2, 0.25) is 0 Å². The van der Waals surface area contributed by atoms with E-state index in [4.69, 9.17) is 0 Å². The Balaban J connectivity index is 3.09. The summed E-state index contributed by atoms with van der Waals surface area (Å²) in [4.78, 5) is 0. The number of nitrogens with zero attached hydrogens (tertiary/aromatic N) is 1. The molecule has 0 fully saturated rings. The average Bonchev–Trinajstić information content (AvgIpc) is 2.68. The van der Waals surface area contributed by atoms with Crippen molar-refractivity contribution in [1.29, 1.82) is 0 Å². The van der Waals surface area contributed by atoms with Crippen molar-refractivity contribution in [2.75, 3.05) is 14.1 Å². The SMILES string of the molecule is CCCCCCCCCCCCCCCCCCCCCCC[C@H](O)[N+](C)(C)[O-]. The third-order valence-corrected chi connectivity index (χ3v) is 6.28. The predicted octanol–water partition coefficient (Wildman–Crippen LogP) is 8.48. The molecule has 1 atom stereocenters. The fourth-order valence-corrected chi connectivity index (χ4v) is 4.07. The Bertz CT molecular complexity index is 314. The van der Waals surface area contributed by atoms with E-state index in [-0.39, 0.29) is 0 Å². The summed E-state index contributed by atoms with van der Waals surface area (Å²) < 4.78 is -0.584. The maximum atomic E-state index is 11.5. The smallest absolute Gasteiger partial charge is 0.189 e. The van der Waals surface area contributed by atoms with Crippen molar-refractivity contribution < 1.29 is 9.75 Å². The first-order chi connectivity index (χ1) is 14.0. The highest BCUT2D eigenvalue weighted by molar-refractivity contribution is 4.52. The molecule has 0 aromatic rings. The predicted molar refractivity (Wildman–Crippen MR) is 129 cm³/mol. The van der Waals surface area contributed by atoms with Gasteiger partial charge in [0.15, 0.2) is 6.23 Å². The molecule has 0 saturated carbocycles. The number of aliphatic hydroxyl groups is 1. The van der Waals surface area contributed by atoms with Crippen LogP contribution in [0.15, 0.2) is 0 Å². The van der Waals surface area contributed by atoms with E-state index in [0.29, 0.717) is 6.42 Å². The summed E-state index contributed by atoms with van der Waals surface area (Å²) in [7, 11) is 3.03. The van der Waals surface area contributed by atoms with Gasteiger partial charge in [-0.15, -0.1) is 0 Å². The Morgan fingerprint density at radius 2 is 0.759 bits per heavy atom. The molecular weight excluding hydrogens is 358 g/mol. The van der Waals surface area contributed by atoms with Crippen LogP contribution in [0.2, 0.25) is 0 Å². The molecule has 0 aromatic heterocycles. The van der Waals surface area contributed by atoms with E-state index in [1.54, 1.807) is 0 Å². The Labute approximate surface area is 183 Å². The number of rotatable bonds is 23. The van der Waals surface area contributed by atoms with Crippen LogP contribution in [0.5, 0.6) is 0 Å². The second kappa shape index (κ2) is 21.1. The molecular formula is C26H55NO2. The van der Waals surface area contributed by atoms with Gasteiger partial charge in [-0.2, -0.15) is 0 Å². The van der Waals surface area contributed by atoms with E-state index in [0.717, 1.165) is 12.8 Å². The number of hydroxylamine groups is 3. The lowest BCUT2D eigenvalue weighted by molar-refractivity contribution is -0.891. The molecule has 0 aliphatic rings. The summed E-state index contributed by atoms with van der Waals surface area (Å²) in [5.74, 6) is 0. The van der Waals surface area contributed by atoms with Crippen LogP contribution >= 0.6 is 0 Å². The summed E-state index contributed by atoms with van der Waals surface area (Å²) in [6.07, 6.45) is 28.9. The van der Waals surface area contributed by atoms with E-state index in [9.17, 15) is 10.3 Å². The highest BCUT2D eigenvalue weighted by Crippen LogP contribution is 2.16. The molecule has 3 nitrogen and oxygen atoms in total. The molecule has 0 amide bonds. The molecule has 0 radical (unpaired) electrons. The summed E-state index contributed by atoms with van der Waals surface area (Å²) in [5, 5.41) is 21.2. The molecule has 0 aliphatic carbocycles. The van der Waals surface area contributed by atoms with Crippen LogP contribution in [0.1, 0.15) is 148 Å². The van der Waals surface area contributed by atoms with Crippen LogP contribution in [-0.2, 0) is 0 Å². The lowest BCUT2D eigenvalue weighted by atomic mass is 10.0. The monoisotopic (exact) mass is 413 g/mol. The van der Waals surface area contributed by atoms with Gasteiger partial charge in [-0.05, 0) is 6.42 Å². The zero-order chi connectivity index (χ0) is 21.6. The van der Waals surface area contributed by atoms with Crippen molar-refractivity contribution in [3.05, 3.63) is 5.21 Å². The van der Waals surface area contributed by atoms with Crippen LogP contribution in [0, 0.1) is 5.21 Å². The molecule has 0 rings (SSSR count). The summed E-state index contributed by atoms with van der Waals surface area (Å²) in [6, 6.07) is 0. The number of hydrogen-bond donors (Lipinski definition) is 1. The normalized spacial score (nSPS) is 13.1. The van der Waals surface area contributed by atoms with Crippen LogP contribution in [0.3, 0.4) is 0 Å². The lowest BCUT2D eigenvalue weighted by Gasteiger charge is -2.38. The molecule has 0 spiro atoms. The zero-order valence-corrected chi connectivity index (χ0v) is 20.4. The fraction of sp³-hybridized carbons (Fsp3) is 1.00. The van der Waals surface area contributed by atoms with Crippen molar-refractivity contribution in [3.8, 4) is 0 Å². The van der Waals surface area contributed by atoms with Crippen LogP contribution in [-0.4, -0.2) is 30.1 Å². The number of hydrogen-bond acceptors (Lipinski definition) is 2. The molecule has 0 bridgehead atoms. The standard InChI is InChI=1S/C26H55NO2/c1-4-5-6-7-8-9-10-11-12-13-14-15-16-17-18-19-20-21-22-23-24-25-26(28)27(2,3)29/h26,28H,4-25H2,1-3H3/t26-/m0/s1.